The van der Waals surface area contributed by atoms with E-state index < -0.39 is 5.60 Å². The summed E-state index contributed by atoms with van der Waals surface area (Å²) < 4.78 is 18.3. The number of hydrogen-bond donors (Lipinski definition) is 1. The average molecular weight is 308 g/mol. The Kier molecular flexibility index (Phi) is 5.27. The van der Waals surface area contributed by atoms with Crippen molar-refractivity contribution in [2.24, 2.45) is 5.92 Å². The minimum atomic E-state index is -0.462. The number of piperidine rings is 1. The minimum Gasteiger partial charge on any atom is -0.444 e. The molecule has 1 heterocycles. The van der Waals surface area contributed by atoms with E-state index in [0.29, 0.717) is 12.5 Å². The van der Waals surface area contributed by atoms with Crippen LogP contribution < -0.4 is 5.32 Å². The van der Waals surface area contributed by atoms with Gasteiger partial charge in [-0.05, 0) is 63.8 Å². The first-order chi connectivity index (χ1) is 10.3. The summed E-state index contributed by atoms with van der Waals surface area (Å²) in [6, 6.07) is 6.33. The number of halogens is 1. The van der Waals surface area contributed by atoms with Gasteiger partial charge in [-0.3, -0.25) is 0 Å². The molecule has 122 valence electrons. The number of nitrogens with one attached hydrogen (secondary N) is 1. The highest BCUT2D eigenvalue weighted by molar-refractivity contribution is 5.68. The van der Waals surface area contributed by atoms with Crippen LogP contribution in [0.25, 0.3) is 0 Å². The molecule has 5 heteroatoms. The fraction of sp³-hybridized carbons (Fsp3) is 0.588. The zero-order chi connectivity index (χ0) is 16.2. The molecule has 1 amide bonds. The van der Waals surface area contributed by atoms with Crippen LogP contribution in [0.1, 0.15) is 33.6 Å². The van der Waals surface area contributed by atoms with E-state index in [0.717, 1.165) is 31.6 Å². The van der Waals surface area contributed by atoms with Crippen LogP contribution in [-0.4, -0.2) is 36.2 Å². The molecule has 1 fully saturated rings. The van der Waals surface area contributed by atoms with E-state index in [1.807, 2.05) is 20.8 Å². The number of nitrogens with zero attached hydrogens (tertiary/aromatic N) is 1. The van der Waals surface area contributed by atoms with Gasteiger partial charge in [0.2, 0.25) is 0 Å². The van der Waals surface area contributed by atoms with E-state index in [4.69, 9.17) is 4.74 Å². The topological polar surface area (TPSA) is 41.6 Å². The van der Waals surface area contributed by atoms with Gasteiger partial charge in [0.1, 0.15) is 11.4 Å². The standard InChI is InChI=1S/C17H25FN2O2/c1-17(2,3)22-16(21)20-10-4-5-13(12-20)11-19-15-8-6-14(18)7-9-15/h6-9,13,19H,4-5,10-12H2,1-3H3/t13-/m1/s1. The molecule has 0 spiro atoms. The molecule has 0 unspecified atom stereocenters. The number of carbonyl (C=O) groups excluding carboxylic acids is 1. The number of hydrogen-bond acceptors (Lipinski definition) is 3. The molecule has 1 aromatic carbocycles. The number of anilines is 1. The molecule has 1 atom stereocenters. The summed E-state index contributed by atoms with van der Waals surface area (Å²) in [4.78, 5) is 13.9. The molecule has 1 N–H and O–H groups in total. The third-order valence-electron chi connectivity index (χ3n) is 3.61. The molecule has 1 saturated heterocycles. The Morgan fingerprint density at radius 3 is 2.68 bits per heavy atom. The van der Waals surface area contributed by atoms with Crippen molar-refractivity contribution < 1.29 is 13.9 Å². The third-order valence-corrected chi connectivity index (χ3v) is 3.61. The Morgan fingerprint density at radius 2 is 2.05 bits per heavy atom. The highest BCUT2D eigenvalue weighted by Gasteiger charge is 2.27. The Hall–Kier alpha value is -1.78. The highest BCUT2D eigenvalue weighted by Crippen LogP contribution is 2.20. The van der Waals surface area contributed by atoms with Crippen LogP contribution in [0.15, 0.2) is 24.3 Å². The number of rotatable bonds is 3. The van der Waals surface area contributed by atoms with Crippen molar-refractivity contribution in [3.63, 3.8) is 0 Å². The largest absolute Gasteiger partial charge is 0.444 e. The van der Waals surface area contributed by atoms with Crippen LogP contribution in [0.5, 0.6) is 0 Å². The fourth-order valence-corrected chi connectivity index (χ4v) is 2.55. The van der Waals surface area contributed by atoms with Crippen molar-refractivity contribution >= 4 is 11.8 Å². The summed E-state index contributed by atoms with van der Waals surface area (Å²) in [5.41, 5.74) is 0.437. The summed E-state index contributed by atoms with van der Waals surface area (Å²) in [6.07, 6.45) is 1.82. The Bertz CT molecular complexity index is 496. The van der Waals surface area contributed by atoms with Crippen molar-refractivity contribution in [3.8, 4) is 0 Å². The lowest BCUT2D eigenvalue weighted by molar-refractivity contribution is 0.0172. The summed E-state index contributed by atoms with van der Waals surface area (Å²) in [5, 5.41) is 3.30. The monoisotopic (exact) mass is 308 g/mol. The van der Waals surface area contributed by atoms with Gasteiger partial charge in [0, 0.05) is 25.3 Å². The number of carbonyl (C=O) groups is 1. The van der Waals surface area contributed by atoms with Gasteiger partial charge < -0.3 is 15.0 Å². The molecule has 0 radical (unpaired) electrons. The van der Waals surface area contributed by atoms with E-state index in [1.165, 1.54) is 12.1 Å². The first-order valence-electron chi connectivity index (χ1n) is 7.81. The molecule has 0 aromatic heterocycles. The molecule has 1 aliphatic heterocycles. The molecule has 1 aromatic rings. The fourth-order valence-electron chi connectivity index (χ4n) is 2.55. The minimum absolute atomic E-state index is 0.237. The van der Waals surface area contributed by atoms with E-state index in [2.05, 4.69) is 5.32 Å². The second-order valence-corrected chi connectivity index (χ2v) is 6.82. The summed E-state index contributed by atoms with van der Waals surface area (Å²) >= 11 is 0. The SMILES string of the molecule is CC(C)(C)OC(=O)N1CCC[C@H](CNc2ccc(F)cc2)C1. The van der Waals surface area contributed by atoms with Gasteiger partial charge in [-0.2, -0.15) is 0 Å². The predicted molar refractivity (Wildman–Crippen MR) is 85.4 cm³/mol. The van der Waals surface area contributed by atoms with Crippen LogP contribution in [0.4, 0.5) is 14.9 Å². The first kappa shape index (κ1) is 16.6. The second kappa shape index (κ2) is 6.99. The Labute approximate surface area is 131 Å². The second-order valence-electron chi connectivity index (χ2n) is 6.82. The van der Waals surface area contributed by atoms with Gasteiger partial charge in [0.15, 0.2) is 0 Å². The molecule has 0 bridgehead atoms. The van der Waals surface area contributed by atoms with Crippen LogP contribution in [0.3, 0.4) is 0 Å². The van der Waals surface area contributed by atoms with Crippen molar-refractivity contribution in [2.45, 2.75) is 39.2 Å². The third kappa shape index (κ3) is 5.20. The molecular formula is C17H25FN2O2. The quantitative estimate of drug-likeness (QED) is 0.921. The van der Waals surface area contributed by atoms with Gasteiger partial charge in [-0.25, -0.2) is 9.18 Å². The van der Waals surface area contributed by atoms with Crippen LogP contribution >= 0.6 is 0 Å². The van der Waals surface area contributed by atoms with E-state index in [1.54, 1.807) is 17.0 Å². The molecular weight excluding hydrogens is 283 g/mol. The lowest BCUT2D eigenvalue weighted by atomic mass is 9.98. The normalized spacial score (nSPS) is 18.9. The highest BCUT2D eigenvalue weighted by atomic mass is 19.1. The molecule has 22 heavy (non-hydrogen) atoms. The zero-order valence-corrected chi connectivity index (χ0v) is 13.6. The van der Waals surface area contributed by atoms with Gasteiger partial charge in [0.05, 0.1) is 0 Å². The number of likely N-dealkylation sites (tertiary alicyclic amines) is 1. The zero-order valence-electron chi connectivity index (χ0n) is 13.6. The maximum Gasteiger partial charge on any atom is 0.410 e. The van der Waals surface area contributed by atoms with E-state index in [9.17, 15) is 9.18 Å². The molecule has 4 nitrogen and oxygen atoms in total. The van der Waals surface area contributed by atoms with E-state index in [-0.39, 0.29) is 11.9 Å². The molecule has 2 rings (SSSR count). The summed E-state index contributed by atoms with van der Waals surface area (Å²) in [7, 11) is 0. The lowest BCUT2D eigenvalue weighted by Gasteiger charge is -2.34. The number of ether oxygens (including phenoxy) is 1. The summed E-state index contributed by atoms with van der Waals surface area (Å²) in [5.74, 6) is 0.144. The van der Waals surface area contributed by atoms with Crippen LogP contribution in [0, 0.1) is 11.7 Å². The first-order valence-corrected chi connectivity index (χ1v) is 7.81. The molecule has 0 saturated carbocycles. The number of benzene rings is 1. The molecule has 0 aliphatic carbocycles. The Balaban J connectivity index is 1.82. The predicted octanol–water partition coefficient (Wildman–Crippen LogP) is 3.88. The van der Waals surface area contributed by atoms with Gasteiger partial charge in [-0.15, -0.1) is 0 Å². The van der Waals surface area contributed by atoms with Gasteiger partial charge in [0.25, 0.3) is 0 Å². The Morgan fingerprint density at radius 1 is 1.36 bits per heavy atom. The lowest BCUT2D eigenvalue weighted by Crippen LogP contribution is -2.44. The van der Waals surface area contributed by atoms with Crippen LogP contribution in [0.2, 0.25) is 0 Å². The van der Waals surface area contributed by atoms with Crippen LogP contribution in [-0.2, 0) is 4.74 Å². The maximum absolute atomic E-state index is 12.9. The summed E-state index contributed by atoms with van der Waals surface area (Å²) in [6.45, 7) is 7.85. The smallest absolute Gasteiger partial charge is 0.410 e. The molecule has 1 aliphatic rings. The van der Waals surface area contributed by atoms with Crippen molar-refractivity contribution in [1.82, 2.24) is 4.90 Å². The van der Waals surface area contributed by atoms with Crippen molar-refractivity contribution in [1.29, 1.82) is 0 Å². The van der Waals surface area contributed by atoms with E-state index >= 15 is 0 Å². The van der Waals surface area contributed by atoms with Gasteiger partial charge >= 0.3 is 6.09 Å². The van der Waals surface area contributed by atoms with Gasteiger partial charge in [-0.1, -0.05) is 0 Å². The van der Waals surface area contributed by atoms with Crippen molar-refractivity contribution in [2.75, 3.05) is 25.0 Å². The van der Waals surface area contributed by atoms with Crippen molar-refractivity contribution in [3.05, 3.63) is 30.1 Å². The average Bonchev–Trinajstić information content (AvgIpc) is 2.45. The number of amides is 1. The maximum atomic E-state index is 12.9.